The van der Waals surface area contributed by atoms with Crippen LogP contribution in [0.5, 0.6) is 0 Å². The van der Waals surface area contributed by atoms with Crippen LogP contribution >= 0.6 is 0 Å². The first kappa shape index (κ1) is 15.3. The molecule has 0 aromatic carbocycles. The standard InChI is InChI=1S/C17H34N2/c1-4-6-10-13-19-15-17(11-8-7-9-12-17)18-14-16(19,3)5-2/h18H,4-15H2,1-3H3. The minimum atomic E-state index is 0.385. The number of hydrogen-bond acceptors (Lipinski definition) is 2. The van der Waals surface area contributed by atoms with Crippen LogP contribution in [0.15, 0.2) is 0 Å². The summed E-state index contributed by atoms with van der Waals surface area (Å²) in [6, 6.07) is 0. The van der Waals surface area contributed by atoms with Gasteiger partial charge in [0.25, 0.3) is 0 Å². The average Bonchev–Trinajstić information content (AvgIpc) is 2.44. The fraction of sp³-hybridized carbons (Fsp3) is 1.00. The van der Waals surface area contributed by atoms with Gasteiger partial charge in [-0.3, -0.25) is 4.90 Å². The third-order valence-electron chi connectivity index (χ3n) is 5.71. The zero-order valence-corrected chi connectivity index (χ0v) is 13.4. The smallest absolute Gasteiger partial charge is 0.0309 e. The number of hydrogen-bond donors (Lipinski definition) is 1. The Balaban J connectivity index is 1.99. The highest BCUT2D eigenvalue weighted by Crippen LogP contribution is 2.35. The zero-order chi connectivity index (χ0) is 13.8. The van der Waals surface area contributed by atoms with E-state index in [0.29, 0.717) is 11.1 Å². The lowest BCUT2D eigenvalue weighted by Gasteiger charge is -2.54. The molecule has 1 aliphatic carbocycles. The third-order valence-corrected chi connectivity index (χ3v) is 5.71. The van der Waals surface area contributed by atoms with Crippen molar-refractivity contribution in [3.8, 4) is 0 Å². The summed E-state index contributed by atoms with van der Waals surface area (Å²) in [6.07, 6.45) is 12.5. The van der Waals surface area contributed by atoms with Gasteiger partial charge in [-0.15, -0.1) is 0 Å². The van der Waals surface area contributed by atoms with Crippen molar-refractivity contribution in [1.82, 2.24) is 10.2 Å². The molecule has 112 valence electrons. The van der Waals surface area contributed by atoms with E-state index in [2.05, 4.69) is 31.0 Å². The molecule has 0 amide bonds. The second kappa shape index (κ2) is 6.58. The summed E-state index contributed by atoms with van der Waals surface area (Å²) in [5.74, 6) is 0. The van der Waals surface area contributed by atoms with Crippen LogP contribution < -0.4 is 5.32 Å². The fourth-order valence-corrected chi connectivity index (χ4v) is 3.92. The van der Waals surface area contributed by atoms with Crippen molar-refractivity contribution in [2.45, 2.75) is 89.6 Å². The predicted molar refractivity (Wildman–Crippen MR) is 83.6 cm³/mol. The topological polar surface area (TPSA) is 15.3 Å². The lowest BCUT2D eigenvalue weighted by atomic mass is 9.77. The number of piperazine rings is 1. The van der Waals surface area contributed by atoms with E-state index in [1.54, 1.807) is 0 Å². The van der Waals surface area contributed by atoms with Crippen molar-refractivity contribution in [1.29, 1.82) is 0 Å². The van der Waals surface area contributed by atoms with E-state index >= 15 is 0 Å². The maximum atomic E-state index is 3.95. The molecule has 1 heterocycles. The van der Waals surface area contributed by atoms with Crippen LogP contribution in [0.1, 0.15) is 78.6 Å². The van der Waals surface area contributed by atoms with Gasteiger partial charge in [-0.25, -0.2) is 0 Å². The van der Waals surface area contributed by atoms with E-state index in [1.165, 1.54) is 77.4 Å². The van der Waals surface area contributed by atoms with Crippen molar-refractivity contribution in [2.24, 2.45) is 0 Å². The van der Waals surface area contributed by atoms with Gasteiger partial charge in [0.2, 0.25) is 0 Å². The number of rotatable bonds is 5. The second-order valence-electron chi connectivity index (χ2n) is 7.17. The highest BCUT2D eigenvalue weighted by atomic mass is 15.3. The highest BCUT2D eigenvalue weighted by Gasteiger charge is 2.43. The largest absolute Gasteiger partial charge is 0.308 e. The van der Waals surface area contributed by atoms with Crippen LogP contribution in [0.4, 0.5) is 0 Å². The highest BCUT2D eigenvalue weighted by molar-refractivity contribution is 5.04. The molecule has 2 rings (SSSR count). The second-order valence-corrected chi connectivity index (χ2v) is 7.17. The summed E-state index contributed by atoms with van der Waals surface area (Å²) in [4.78, 5) is 2.82. The number of nitrogens with one attached hydrogen (secondary N) is 1. The third kappa shape index (κ3) is 3.52. The van der Waals surface area contributed by atoms with Gasteiger partial charge in [0.15, 0.2) is 0 Å². The first-order valence-electron chi connectivity index (χ1n) is 8.64. The Bertz CT molecular complexity index is 270. The first-order valence-corrected chi connectivity index (χ1v) is 8.64. The van der Waals surface area contributed by atoms with Crippen LogP contribution in [0.25, 0.3) is 0 Å². The molecule has 19 heavy (non-hydrogen) atoms. The van der Waals surface area contributed by atoms with Gasteiger partial charge in [-0.05, 0) is 39.2 Å². The quantitative estimate of drug-likeness (QED) is 0.758. The predicted octanol–water partition coefficient (Wildman–Crippen LogP) is 3.95. The molecule has 1 unspecified atom stereocenters. The molecule has 2 fully saturated rings. The summed E-state index contributed by atoms with van der Waals surface area (Å²) in [6.45, 7) is 10.9. The molecule has 1 aliphatic heterocycles. The summed E-state index contributed by atoms with van der Waals surface area (Å²) < 4.78 is 0. The molecular weight excluding hydrogens is 232 g/mol. The lowest BCUT2D eigenvalue weighted by molar-refractivity contribution is -0.00234. The lowest BCUT2D eigenvalue weighted by Crippen LogP contribution is -2.69. The maximum absolute atomic E-state index is 3.95. The molecule has 1 atom stereocenters. The molecule has 1 saturated carbocycles. The van der Waals surface area contributed by atoms with E-state index in [9.17, 15) is 0 Å². The van der Waals surface area contributed by atoms with E-state index in [-0.39, 0.29) is 0 Å². The Labute approximate surface area is 120 Å². The molecule has 0 aromatic rings. The SMILES string of the molecule is CCCCCN1CC2(CCCCC2)NCC1(C)CC. The molecule has 0 aromatic heterocycles. The van der Waals surface area contributed by atoms with Gasteiger partial charge in [0.1, 0.15) is 0 Å². The van der Waals surface area contributed by atoms with E-state index < -0.39 is 0 Å². The van der Waals surface area contributed by atoms with Crippen molar-refractivity contribution in [2.75, 3.05) is 19.6 Å². The normalized spacial score (nSPS) is 31.7. The van der Waals surface area contributed by atoms with Gasteiger partial charge in [0, 0.05) is 24.2 Å². The van der Waals surface area contributed by atoms with Gasteiger partial charge in [-0.1, -0.05) is 46.0 Å². The fourth-order valence-electron chi connectivity index (χ4n) is 3.92. The summed E-state index contributed by atoms with van der Waals surface area (Å²) in [7, 11) is 0. The molecule has 1 spiro atoms. The van der Waals surface area contributed by atoms with Crippen LogP contribution in [0, 0.1) is 0 Å². The van der Waals surface area contributed by atoms with Crippen molar-refractivity contribution in [3.63, 3.8) is 0 Å². The summed E-state index contributed by atoms with van der Waals surface area (Å²) in [5, 5.41) is 3.95. The Morgan fingerprint density at radius 3 is 2.42 bits per heavy atom. The molecular formula is C17H34N2. The molecule has 0 bridgehead atoms. The van der Waals surface area contributed by atoms with Gasteiger partial charge in [0.05, 0.1) is 0 Å². The number of nitrogens with zero attached hydrogens (tertiary/aromatic N) is 1. The summed E-state index contributed by atoms with van der Waals surface area (Å²) in [5.41, 5.74) is 0.843. The van der Waals surface area contributed by atoms with E-state index in [0.717, 1.165) is 0 Å². The Morgan fingerprint density at radius 1 is 1.05 bits per heavy atom. The van der Waals surface area contributed by atoms with Crippen molar-refractivity contribution >= 4 is 0 Å². The minimum absolute atomic E-state index is 0.385. The number of unbranched alkanes of at least 4 members (excludes halogenated alkanes) is 2. The van der Waals surface area contributed by atoms with Crippen molar-refractivity contribution in [3.05, 3.63) is 0 Å². The average molecular weight is 266 g/mol. The maximum Gasteiger partial charge on any atom is 0.0309 e. The Morgan fingerprint density at radius 2 is 1.79 bits per heavy atom. The molecule has 0 radical (unpaired) electrons. The minimum Gasteiger partial charge on any atom is -0.308 e. The van der Waals surface area contributed by atoms with Gasteiger partial charge < -0.3 is 5.32 Å². The first-order chi connectivity index (χ1) is 9.14. The van der Waals surface area contributed by atoms with Crippen LogP contribution in [0.3, 0.4) is 0 Å². The molecule has 1 saturated heterocycles. The van der Waals surface area contributed by atoms with Gasteiger partial charge in [-0.2, -0.15) is 0 Å². The van der Waals surface area contributed by atoms with Crippen molar-refractivity contribution < 1.29 is 0 Å². The molecule has 2 heteroatoms. The molecule has 1 N–H and O–H groups in total. The zero-order valence-electron chi connectivity index (χ0n) is 13.4. The van der Waals surface area contributed by atoms with E-state index in [4.69, 9.17) is 0 Å². The van der Waals surface area contributed by atoms with Crippen LogP contribution in [-0.4, -0.2) is 35.6 Å². The Hall–Kier alpha value is -0.0800. The van der Waals surface area contributed by atoms with Crippen LogP contribution in [-0.2, 0) is 0 Å². The molecule has 2 aliphatic rings. The monoisotopic (exact) mass is 266 g/mol. The summed E-state index contributed by atoms with van der Waals surface area (Å²) >= 11 is 0. The Kier molecular flexibility index (Phi) is 5.30. The molecule has 2 nitrogen and oxygen atoms in total. The van der Waals surface area contributed by atoms with Gasteiger partial charge >= 0.3 is 0 Å². The van der Waals surface area contributed by atoms with Crippen LogP contribution in [0.2, 0.25) is 0 Å². The van der Waals surface area contributed by atoms with E-state index in [1.807, 2.05) is 0 Å².